The molecule has 2 rings (SSSR count). The van der Waals surface area contributed by atoms with Crippen LogP contribution in [0.1, 0.15) is 41.1 Å². The van der Waals surface area contributed by atoms with Crippen molar-refractivity contribution < 1.29 is 24.2 Å². The van der Waals surface area contributed by atoms with Gasteiger partial charge < -0.3 is 15.2 Å². The number of anilines is 1. The second kappa shape index (κ2) is 6.26. The minimum absolute atomic E-state index is 0.252. The van der Waals surface area contributed by atoms with Crippen LogP contribution in [-0.2, 0) is 27.2 Å². The molecule has 0 aromatic carbocycles. The number of carboxylic acid groups (broad SMARTS) is 1. The van der Waals surface area contributed by atoms with E-state index in [1.807, 2.05) is 0 Å². The third-order valence-corrected chi connectivity index (χ3v) is 4.61. The third kappa shape index (κ3) is 3.07. The fraction of sp³-hybridized carbons (Fsp3) is 0.500. The summed E-state index contributed by atoms with van der Waals surface area (Å²) in [5, 5.41) is 11.8. The Morgan fingerprint density at radius 1 is 1.38 bits per heavy atom. The van der Waals surface area contributed by atoms with Crippen molar-refractivity contribution in [1.29, 1.82) is 0 Å². The molecule has 7 heteroatoms. The number of nitrogens with one attached hydrogen (secondary N) is 1. The molecule has 0 saturated heterocycles. The molecule has 1 aromatic rings. The first kappa shape index (κ1) is 15.5. The third-order valence-electron chi connectivity index (χ3n) is 3.40. The number of ether oxygens (including phenoxy) is 1. The summed E-state index contributed by atoms with van der Waals surface area (Å²) in [6.07, 6.45) is 2.63. The Morgan fingerprint density at radius 2 is 2.10 bits per heavy atom. The Labute approximate surface area is 126 Å². The first-order chi connectivity index (χ1) is 9.95. The van der Waals surface area contributed by atoms with Gasteiger partial charge in [-0.05, 0) is 38.7 Å². The summed E-state index contributed by atoms with van der Waals surface area (Å²) in [7, 11) is 0. The topological polar surface area (TPSA) is 92.7 Å². The van der Waals surface area contributed by atoms with Gasteiger partial charge in [0.2, 0.25) is 5.91 Å². The van der Waals surface area contributed by atoms with E-state index in [-0.39, 0.29) is 6.61 Å². The van der Waals surface area contributed by atoms with Gasteiger partial charge in [-0.15, -0.1) is 11.3 Å². The maximum absolute atomic E-state index is 12.1. The van der Waals surface area contributed by atoms with Gasteiger partial charge in [0.25, 0.3) is 0 Å². The van der Waals surface area contributed by atoms with Crippen LogP contribution in [-0.4, -0.2) is 29.6 Å². The van der Waals surface area contributed by atoms with Crippen molar-refractivity contribution >= 4 is 34.2 Å². The molecule has 1 aromatic heterocycles. The largest absolute Gasteiger partial charge is 0.481 e. The summed E-state index contributed by atoms with van der Waals surface area (Å²) in [6.45, 7) is 3.28. The molecule has 6 nitrogen and oxygen atoms in total. The number of rotatable bonds is 5. The van der Waals surface area contributed by atoms with Crippen molar-refractivity contribution in [3.8, 4) is 0 Å². The minimum atomic E-state index is -1.20. The predicted octanol–water partition coefficient (Wildman–Crippen LogP) is 2.07. The van der Waals surface area contributed by atoms with E-state index >= 15 is 0 Å². The van der Waals surface area contributed by atoms with Crippen molar-refractivity contribution in [2.75, 3.05) is 11.9 Å². The van der Waals surface area contributed by atoms with E-state index in [0.717, 1.165) is 29.7 Å². The Hall–Kier alpha value is -1.89. The number of fused-ring (bicyclic) bond motifs is 1. The number of thiophene rings is 1. The average molecular weight is 311 g/mol. The normalized spacial score (nSPS) is 14.4. The summed E-state index contributed by atoms with van der Waals surface area (Å²) in [4.78, 5) is 35.9. The number of hydrogen-bond donors (Lipinski definition) is 2. The Morgan fingerprint density at radius 3 is 2.71 bits per heavy atom. The molecular weight excluding hydrogens is 294 g/mol. The van der Waals surface area contributed by atoms with Crippen molar-refractivity contribution in [2.24, 2.45) is 5.92 Å². The Balaban J connectivity index is 2.29. The van der Waals surface area contributed by atoms with Crippen LogP contribution < -0.4 is 5.32 Å². The highest BCUT2D eigenvalue weighted by molar-refractivity contribution is 7.17. The van der Waals surface area contributed by atoms with Gasteiger partial charge in [-0.3, -0.25) is 9.59 Å². The van der Waals surface area contributed by atoms with Crippen LogP contribution in [0, 0.1) is 5.92 Å². The summed E-state index contributed by atoms with van der Waals surface area (Å²) in [5.41, 5.74) is 1.32. The molecule has 21 heavy (non-hydrogen) atoms. The number of carbonyl (C=O) groups excluding carboxylic acids is 2. The molecule has 0 bridgehead atoms. The van der Waals surface area contributed by atoms with Crippen molar-refractivity contribution in [3.05, 3.63) is 16.0 Å². The van der Waals surface area contributed by atoms with Crippen LogP contribution in [0.4, 0.5) is 5.00 Å². The number of carboxylic acids is 1. The standard InChI is InChI=1S/C14H17NO5S/c1-3-20-14(19)10-8-5-4-6-9(8)21-12(10)15-11(16)7(2)13(17)18/h7H,3-6H2,1-2H3,(H,15,16)(H,17,18). The summed E-state index contributed by atoms with van der Waals surface area (Å²) in [5.74, 6) is -3.46. The number of esters is 1. The van der Waals surface area contributed by atoms with Crippen molar-refractivity contribution in [2.45, 2.75) is 33.1 Å². The zero-order valence-electron chi connectivity index (χ0n) is 11.9. The van der Waals surface area contributed by atoms with Gasteiger partial charge in [0.15, 0.2) is 0 Å². The first-order valence-electron chi connectivity index (χ1n) is 6.81. The predicted molar refractivity (Wildman–Crippen MR) is 77.7 cm³/mol. The van der Waals surface area contributed by atoms with Crippen molar-refractivity contribution in [1.82, 2.24) is 0 Å². The fourth-order valence-corrected chi connectivity index (χ4v) is 3.52. The molecule has 114 valence electrons. The molecule has 0 saturated carbocycles. The van der Waals surface area contributed by atoms with Gasteiger partial charge in [0, 0.05) is 4.88 Å². The van der Waals surface area contributed by atoms with Crippen LogP contribution in [0.25, 0.3) is 0 Å². The van der Waals surface area contributed by atoms with Gasteiger partial charge in [0.05, 0.1) is 12.2 Å². The van der Waals surface area contributed by atoms with E-state index in [4.69, 9.17) is 9.84 Å². The number of hydrogen-bond acceptors (Lipinski definition) is 5. The molecule has 1 aliphatic carbocycles. The lowest BCUT2D eigenvalue weighted by molar-refractivity contribution is -0.144. The molecule has 1 atom stereocenters. The maximum Gasteiger partial charge on any atom is 0.341 e. The molecule has 2 N–H and O–H groups in total. The monoisotopic (exact) mass is 311 g/mol. The van der Waals surface area contributed by atoms with Gasteiger partial charge in [-0.25, -0.2) is 4.79 Å². The van der Waals surface area contributed by atoms with Crippen molar-refractivity contribution in [3.63, 3.8) is 0 Å². The fourth-order valence-electron chi connectivity index (χ4n) is 2.24. The highest BCUT2D eigenvalue weighted by Crippen LogP contribution is 2.39. The SMILES string of the molecule is CCOC(=O)c1c(NC(=O)C(C)C(=O)O)sc2c1CCC2. The summed E-state index contributed by atoms with van der Waals surface area (Å²) >= 11 is 1.33. The second-order valence-corrected chi connectivity index (χ2v) is 5.94. The van der Waals surface area contributed by atoms with Crippen LogP contribution in [0.3, 0.4) is 0 Å². The highest BCUT2D eigenvalue weighted by atomic mass is 32.1. The lowest BCUT2D eigenvalue weighted by Crippen LogP contribution is -2.27. The van der Waals surface area contributed by atoms with Crippen LogP contribution in [0.15, 0.2) is 0 Å². The number of aliphatic carboxylic acids is 1. The highest BCUT2D eigenvalue weighted by Gasteiger charge is 2.30. The lowest BCUT2D eigenvalue weighted by Gasteiger charge is -2.09. The van der Waals surface area contributed by atoms with E-state index in [2.05, 4.69) is 5.32 Å². The molecule has 1 unspecified atom stereocenters. The Bertz CT molecular complexity index is 592. The lowest BCUT2D eigenvalue weighted by atomic mass is 10.1. The molecule has 1 amide bonds. The zero-order chi connectivity index (χ0) is 15.6. The van der Waals surface area contributed by atoms with Gasteiger partial charge in [-0.2, -0.15) is 0 Å². The molecular formula is C14H17NO5S. The van der Waals surface area contributed by atoms with Gasteiger partial charge in [0.1, 0.15) is 10.9 Å². The van der Waals surface area contributed by atoms with E-state index in [0.29, 0.717) is 10.6 Å². The summed E-state index contributed by atoms with van der Waals surface area (Å²) < 4.78 is 5.04. The first-order valence-corrected chi connectivity index (χ1v) is 7.62. The Kier molecular flexibility index (Phi) is 4.62. The van der Waals surface area contributed by atoms with Crippen LogP contribution in [0.2, 0.25) is 0 Å². The van der Waals surface area contributed by atoms with Crippen LogP contribution in [0.5, 0.6) is 0 Å². The molecule has 0 radical (unpaired) electrons. The smallest absolute Gasteiger partial charge is 0.341 e. The molecule has 0 spiro atoms. The number of carbonyl (C=O) groups is 3. The van der Waals surface area contributed by atoms with E-state index in [1.165, 1.54) is 18.3 Å². The van der Waals surface area contributed by atoms with Gasteiger partial charge in [-0.1, -0.05) is 0 Å². The quantitative estimate of drug-likeness (QED) is 0.641. The zero-order valence-corrected chi connectivity index (χ0v) is 12.7. The maximum atomic E-state index is 12.1. The number of amides is 1. The van der Waals surface area contributed by atoms with E-state index < -0.39 is 23.8 Å². The van der Waals surface area contributed by atoms with Gasteiger partial charge >= 0.3 is 11.9 Å². The summed E-state index contributed by atoms with van der Waals surface area (Å²) in [6, 6.07) is 0. The molecule has 0 aliphatic heterocycles. The molecule has 0 fully saturated rings. The molecule has 1 aliphatic rings. The number of aryl methyl sites for hydroxylation is 1. The van der Waals surface area contributed by atoms with Crippen LogP contribution >= 0.6 is 11.3 Å². The molecule has 1 heterocycles. The minimum Gasteiger partial charge on any atom is -0.481 e. The van der Waals surface area contributed by atoms with E-state index in [1.54, 1.807) is 6.92 Å². The second-order valence-electron chi connectivity index (χ2n) is 4.83. The average Bonchev–Trinajstić information content (AvgIpc) is 2.97. The van der Waals surface area contributed by atoms with E-state index in [9.17, 15) is 14.4 Å².